The van der Waals surface area contributed by atoms with Crippen LogP contribution in [-0.2, 0) is 6.61 Å². The average Bonchev–Trinajstić information content (AvgIpc) is 3.11. The van der Waals surface area contributed by atoms with E-state index in [9.17, 15) is 13.6 Å². The van der Waals surface area contributed by atoms with Gasteiger partial charge in [0.15, 0.2) is 5.82 Å². The minimum Gasteiger partial charge on any atom is -0.489 e. The smallest absolute Gasteiger partial charge is 0.324 e. The van der Waals surface area contributed by atoms with Crippen molar-refractivity contribution < 1.29 is 18.3 Å². The van der Waals surface area contributed by atoms with Gasteiger partial charge in [0.2, 0.25) is 0 Å². The molecule has 0 saturated carbocycles. The predicted molar refractivity (Wildman–Crippen MR) is 111 cm³/mol. The second kappa shape index (κ2) is 8.20. The Kier molecular flexibility index (Phi) is 5.30. The van der Waals surface area contributed by atoms with Gasteiger partial charge in [-0.1, -0.05) is 23.8 Å². The molecule has 0 fully saturated rings. The van der Waals surface area contributed by atoms with Crippen LogP contribution in [0.15, 0.2) is 60.7 Å². The second-order valence-electron chi connectivity index (χ2n) is 6.71. The number of halogens is 2. The molecule has 0 aliphatic rings. The van der Waals surface area contributed by atoms with Crippen LogP contribution < -0.4 is 15.4 Å². The number of hydrogen-bond donors (Lipinski definition) is 3. The molecule has 3 aromatic carbocycles. The van der Waals surface area contributed by atoms with E-state index < -0.39 is 17.7 Å². The second-order valence-corrected chi connectivity index (χ2v) is 6.71. The molecule has 30 heavy (non-hydrogen) atoms. The van der Waals surface area contributed by atoms with E-state index in [4.69, 9.17) is 4.74 Å². The van der Waals surface area contributed by atoms with E-state index in [-0.39, 0.29) is 12.2 Å². The SMILES string of the molecule is Cc1ccc(NC(=O)Nc2n[nH]c3ccc(OCc4c(F)cccc4F)cc23)cc1. The standard InChI is InChI=1S/C22H18F2N4O2/c1-13-5-7-14(8-6-13)25-22(29)26-21-16-11-15(9-10-20(16)27-28-21)30-12-17-18(23)3-2-4-19(17)24/h2-11H,12H2,1H3,(H3,25,26,27,28,29). The third-order valence-corrected chi connectivity index (χ3v) is 4.52. The highest BCUT2D eigenvalue weighted by Gasteiger charge is 2.12. The Labute approximate surface area is 170 Å². The topological polar surface area (TPSA) is 79.0 Å². The fraction of sp³-hybridized carbons (Fsp3) is 0.0909. The summed E-state index contributed by atoms with van der Waals surface area (Å²) in [7, 11) is 0. The first kappa shape index (κ1) is 19.4. The first-order chi connectivity index (χ1) is 14.5. The summed E-state index contributed by atoms with van der Waals surface area (Å²) in [5.74, 6) is -0.658. The van der Waals surface area contributed by atoms with Gasteiger partial charge in [0.25, 0.3) is 0 Å². The summed E-state index contributed by atoms with van der Waals surface area (Å²) in [6.07, 6.45) is 0. The molecule has 6 nitrogen and oxygen atoms in total. The molecular weight excluding hydrogens is 390 g/mol. The number of fused-ring (bicyclic) bond motifs is 1. The van der Waals surface area contributed by atoms with E-state index in [2.05, 4.69) is 20.8 Å². The van der Waals surface area contributed by atoms with Gasteiger partial charge >= 0.3 is 6.03 Å². The van der Waals surface area contributed by atoms with E-state index >= 15 is 0 Å². The van der Waals surface area contributed by atoms with Crippen molar-refractivity contribution in [2.75, 3.05) is 10.6 Å². The average molecular weight is 408 g/mol. The maximum Gasteiger partial charge on any atom is 0.324 e. The van der Waals surface area contributed by atoms with Crippen molar-refractivity contribution in [2.45, 2.75) is 13.5 Å². The van der Waals surface area contributed by atoms with Gasteiger partial charge in [-0.2, -0.15) is 5.10 Å². The number of nitrogens with one attached hydrogen (secondary N) is 3. The van der Waals surface area contributed by atoms with E-state index in [1.54, 1.807) is 30.3 Å². The van der Waals surface area contributed by atoms with E-state index in [1.807, 2.05) is 19.1 Å². The van der Waals surface area contributed by atoms with Gasteiger partial charge in [0.1, 0.15) is 24.0 Å². The van der Waals surface area contributed by atoms with Crippen LogP contribution in [0.3, 0.4) is 0 Å². The molecule has 4 aromatic rings. The Morgan fingerprint density at radius 1 is 1.03 bits per heavy atom. The van der Waals surface area contributed by atoms with E-state index in [1.165, 1.54) is 18.2 Å². The van der Waals surface area contributed by atoms with Crippen molar-refractivity contribution in [3.63, 3.8) is 0 Å². The maximum absolute atomic E-state index is 13.8. The van der Waals surface area contributed by atoms with Crippen LogP contribution in [0.1, 0.15) is 11.1 Å². The Hall–Kier alpha value is -3.94. The zero-order valence-corrected chi connectivity index (χ0v) is 16.0. The first-order valence-corrected chi connectivity index (χ1v) is 9.18. The number of amides is 2. The minimum absolute atomic E-state index is 0.152. The van der Waals surface area contributed by atoms with Crippen molar-refractivity contribution in [2.24, 2.45) is 0 Å². The lowest BCUT2D eigenvalue weighted by Gasteiger charge is -2.09. The Morgan fingerprint density at radius 2 is 1.77 bits per heavy atom. The molecule has 0 atom stereocenters. The molecule has 2 amide bonds. The number of carbonyl (C=O) groups is 1. The number of aromatic nitrogens is 2. The van der Waals surface area contributed by atoms with Gasteiger partial charge in [0.05, 0.1) is 11.1 Å². The number of H-pyrrole nitrogens is 1. The van der Waals surface area contributed by atoms with Gasteiger partial charge in [-0.05, 0) is 49.4 Å². The van der Waals surface area contributed by atoms with E-state index in [0.717, 1.165) is 5.56 Å². The van der Waals surface area contributed by atoms with Gasteiger partial charge < -0.3 is 10.1 Å². The summed E-state index contributed by atoms with van der Waals surface area (Å²) in [6, 6.07) is 15.6. The number of ether oxygens (including phenoxy) is 1. The molecule has 0 aliphatic heterocycles. The number of nitrogens with zero attached hydrogens (tertiary/aromatic N) is 1. The summed E-state index contributed by atoms with van der Waals surface area (Å²) in [6.45, 7) is 1.69. The third-order valence-electron chi connectivity index (χ3n) is 4.52. The molecule has 152 valence electrons. The zero-order chi connectivity index (χ0) is 21.1. The molecule has 0 unspecified atom stereocenters. The van der Waals surface area contributed by atoms with Crippen LogP contribution in [0.5, 0.6) is 5.75 Å². The van der Waals surface area contributed by atoms with Gasteiger partial charge in [-0.15, -0.1) is 0 Å². The van der Waals surface area contributed by atoms with Crippen LogP contribution in [0.4, 0.5) is 25.1 Å². The molecule has 8 heteroatoms. The number of carbonyl (C=O) groups excluding carboxylic acids is 1. The summed E-state index contributed by atoms with van der Waals surface area (Å²) in [4.78, 5) is 12.3. The lowest BCUT2D eigenvalue weighted by Crippen LogP contribution is -2.19. The predicted octanol–water partition coefficient (Wildman–Crippen LogP) is 5.37. The van der Waals surface area contributed by atoms with Crippen molar-refractivity contribution in [3.8, 4) is 5.75 Å². The molecule has 3 N–H and O–H groups in total. The highest BCUT2D eigenvalue weighted by Crippen LogP contribution is 2.26. The molecule has 0 aliphatic carbocycles. The normalized spacial score (nSPS) is 10.8. The van der Waals surface area contributed by atoms with Gasteiger partial charge in [0, 0.05) is 11.1 Å². The van der Waals surface area contributed by atoms with Crippen LogP contribution in [0.25, 0.3) is 10.9 Å². The van der Waals surface area contributed by atoms with E-state index in [0.29, 0.717) is 28.2 Å². The van der Waals surface area contributed by atoms with Crippen LogP contribution >= 0.6 is 0 Å². The Balaban J connectivity index is 1.48. The van der Waals surface area contributed by atoms with Crippen molar-refractivity contribution >= 4 is 28.4 Å². The number of urea groups is 1. The fourth-order valence-electron chi connectivity index (χ4n) is 2.91. The van der Waals surface area contributed by atoms with Crippen molar-refractivity contribution in [3.05, 3.63) is 83.4 Å². The third kappa shape index (κ3) is 4.22. The number of rotatable bonds is 5. The zero-order valence-electron chi connectivity index (χ0n) is 16.0. The van der Waals surface area contributed by atoms with Gasteiger partial charge in [-0.25, -0.2) is 13.6 Å². The molecule has 0 radical (unpaired) electrons. The lowest BCUT2D eigenvalue weighted by atomic mass is 10.2. The number of aromatic amines is 1. The van der Waals surface area contributed by atoms with Crippen molar-refractivity contribution in [1.82, 2.24) is 10.2 Å². The quantitative estimate of drug-likeness (QED) is 0.415. The maximum atomic E-state index is 13.8. The molecule has 1 heterocycles. The van der Waals surface area contributed by atoms with Crippen LogP contribution in [0, 0.1) is 18.6 Å². The minimum atomic E-state index is -0.672. The Morgan fingerprint density at radius 3 is 2.50 bits per heavy atom. The summed E-state index contributed by atoms with van der Waals surface area (Å²) in [5, 5.41) is 12.9. The summed E-state index contributed by atoms with van der Waals surface area (Å²) < 4.78 is 33.1. The largest absolute Gasteiger partial charge is 0.489 e. The molecule has 0 bridgehead atoms. The van der Waals surface area contributed by atoms with Crippen LogP contribution in [-0.4, -0.2) is 16.2 Å². The molecule has 0 saturated heterocycles. The molecular formula is C22H18F2N4O2. The summed E-state index contributed by atoms with van der Waals surface area (Å²) in [5.41, 5.74) is 2.25. The fourth-order valence-corrected chi connectivity index (χ4v) is 2.91. The Bertz CT molecular complexity index is 1190. The number of anilines is 2. The molecule has 1 aromatic heterocycles. The number of hydrogen-bond acceptors (Lipinski definition) is 3. The molecule has 0 spiro atoms. The highest BCUT2D eigenvalue weighted by molar-refractivity contribution is 6.04. The lowest BCUT2D eigenvalue weighted by molar-refractivity contribution is 0.262. The summed E-state index contributed by atoms with van der Waals surface area (Å²) >= 11 is 0. The molecule has 4 rings (SSSR count). The van der Waals surface area contributed by atoms with Crippen LogP contribution in [0.2, 0.25) is 0 Å². The monoisotopic (exact) mass is 408 g/mol. The van der Waals surface area contributed by atoms with Gasteiger partial charge in [-0.3, -0.25) is 10.4 Å². The number of aryl methyl sites for hydroxylation is 1. The highest BCUT2D eigenvalue weighted by atomic mass is 19.1. The van der Waals surface area contributed by atoms with Crippen molar-refractivity contribution in [1.29, 1.82) is 0 Å². The first-order valence-electron chi connectivity index (χ1n) is 9.18. The number of benzene rings is 3.